The Morgan fingerprint density at radius 2 is 2.07 bits per heavy atom. The molecular formula is C9H6F3NO. The van der Waals surface area contributed by atoms with Crippen LogP contribution in [0.2, 0.25) is 0 Å². The van der Waals surface area contributed by atoms with Gasteiger partial charge in [-0.15, -0.1) is 0 Å². The lowest BCUT2D eigenvalue weighted by atomic mass is 10.00. The summed E-state index contributed by atoms with van der Waals surface area (Å²) in [6, 6.07) is 3.82. The van der Waals surface area contributed by atoms with E-state index in [-0.39, 0.29) is 11.3 Å². The van der Waals surface area contributed by atoms with Crippen LogP contribution >= 0.6 is 0 Å². The first kappa shape index (κ1) is 9.05. The SMILES string of the molecule is O=C1Nc2c(F)cccc2CC1(F)F. The normalized spacial score (nSPS) is 18.6. The Morgan fingerprint density at radius 3 is 2.79 bits per heavy atom. The minimum atomic E-state index is -3.44. The minimum Gasteiger partial charge on any atom is -0.318 e. The van der Waals surface area contributed by atoms with Crippen LogP contribution in [0, 0.1) is 5.82 Å². The number of para-hydroxylation sites is 1. The van der Waals surface area contributed by atoms with Crippen LogP contribution in [0.3, 0.4) is 0 Å². The number of hydrogen-bond donors (Lipinski definition) is 1. The molecular weight excluding hydrogens is 195 g/mol. The zero-order valence-electron chi connectivity index (χ0n) is 6.98. The van der Waals surface area contributed by atoms with Gasteiger partial charge in [-0.3, -0.25) is 4.79 Å². The third-order valence-electron chi connectivity index (χ3n) is 2.08. The smallest absolute Gasteiger partial charge is 0.318 e. The molecule has 1 aliphatic rings. The molecule has 0 atom stereocenters. The quantitative estimate of drug-likeness (QED) is 0.682. The van der Waals surface area contributed by atoms with E-state index in [1.807, 2.05) is 5.32 Å². The van der Waals surface area contributed by atoms with Crippen LogP contribution in [0.15, 0.2) is 18.2 Å². The molecule has 14 heavy (non-hydrogen) atoms. The van der Waals surface area contributed by atoms with Gasteiger partial charge in [-0.25, -0.2) is 4.39 Å². The summed E-state index contributed by atoms with van der Waals surface area (Å²) in [4.78, 5) is 10.8. The second kappa shape index (κ2) is 2.73. The van der Waals surface area contributed by atoms with Crippen LogP contribution in [0.25, 0.3) is 0 Å². The molecule has 1 aliphatic heterocycles. The molecule has 0 aromatic heterocycles. The van der Waals surface area contributed by atoms with Crippen LogP contribution in [0.5, 0.6) is 0 Å². The van der Waals surface area contributed by atoms with E-state index in [4.69, 9.17) is 0 Å². The van der Waals surface area contributed by atoms with E-state index in [0.717, 1.165) is 6.07 Å². The molecule has 1 heterocycles. The van der Waals surface area contributed by atoms with Crippen molar-refractivity contribution < 1.29 is 18.0 Å². The van der Waals surface area contributed by atoms with Gasteiger partial charge in [-0.2, -0.15) is 8.78 Å². The summed E-state index contributed by atoms with van der Waals surface area (Å²) < 4.78 is 38.8. The van der Waals surface area contributed by atoms with Crippen LogP contribution in [0.1, 0.15) is 5.56 Å². The van der Waals surface area contributed by atoms with Crippen molar-refractivity contribution in [2.24, 2.45) is 0 Å². The van der Waals surface area contributed by atoms with Crippen molar-refractivity contribution in [2.45, 2.75) is 12.3 Å². The molecule has 1 aromatic carbocycles. The van der Waals surface area contributed by atoms with Crippen molar-refractivity contribution in [3.63, 3.8) is 0 Å². The molecule has 1 N–H and O–H groups in total. The lowest BCUT2D eigenvalue weighted by Crippen LogP contribution is -2.40. The molecule has 0 radical (unpaired) electrons. The Balaban J connectivity index is 2.51. The van der Waals surface area contributed by atoms with Gasteiger partial charge in [-0.1, -0.05) is 12.1 Å². The van der Waals surface area contributed by atoms with Gasteiger partial charge >= 0.3 is 5.92 Å². The van der Waals surface area contributed by atoms with Gasteiger partial charge in [0.15, 0.2) is 0 Å². The zero-order chi connectivity index (χ0) is 10.3. The van der Waals surface area contributed by atoms with E-state index >= 15 is 0 Å². The van der Waals surface area contributed by atoms with E-state index < -0.39 is 24.1 Å². The monoisotopic (exact) mass is 201 g/mol. The summed E-state index contributed by atoms with van der Waals surface area (Å²) >= 11 is 0. The van der Waals surface area contributed by atoms with E-state index in [1.54, 1.807) is 0 Å². The highest BCUT2D eigenvalue weighted by molar-refractivity contribution is 5.99. The largest absolute Gasteiger partial charge is 0.328 e. The topological polar surface area (TPSA) is 29.1 Å². The molecule has 0 fully saturated rings. The fraction of sp³-hybridized carbons (Fsp3) is 0.222. The molecule has 0 saturated carbocycles. The third kappa shape index (κ3) is 1.25. The zero-order valence-corrected chi connectivity index (χ0v) is 6.98. The molecule has 0 spiro atoms. The lowest BCUT2D eigenvalue weighted by molar-refractivity contribution is -0.140. The van der Waals surface area contributed by atoms with Crippen molar-refractivity contribution >= 4 is 11.6 Å². The molecule has 74 valence electrons. The first-order chi connectivity index (χ1) is 6.50. The number of nitrogens with one attached hydrogen (secondary N) is 1. The van der Waals surface area contributed by atoms with Gasteiger partial charge in [0.1, 0.15) is 5.82 Å². The second-order valence-electron chi connectivity index (χ2n) is 3.11. The number of fused-ring (bicyclic) bond motifs is 1. The van der Waals surface area contributed by atoms with Crippen LogP contribution in [-0.4, -0.2) is 11.8 Å². The van der Waals surface area contributed by atoms with Crippen molar-refractivity contribution in [3.05, 3.63) is 29.6 Å². The summed E-state index contributed by atoms with van der Waals surface area (Å²) in [5, 5.41) is 1.85. The Labute approximate surface area is 77.7 Å². The fourth-order valence-corrected chi connectivity index (χ4v) is 1.38. The summed E-state index contributed by atoms with van der Waals surface area (Å²) in [5.74, 6) is -5.58. The maximum absolute atomic E-state index is 13.0. The van der Waals surface area contributed by atoms with Crippen molar-refractivity contribution in [1.29, 1.82) is 0 Å². The lowest BCUT2D eigenvalue weighted by Gasteiger charge is -2.24. The molecule has 0 aliphatic carbocycles. The van der Waals surface area contributed by atoms with Gasteiger partial charge in [-0.05, 0) is 11.6 Å². The number of rotatable bonds is 0. The Hall–Kier alpha value is -1.52. The number of halogens is 3. The Bertz CT molecular complexity index is 403. The molecule has 2 rings (SSSR count). The number of carbonyl (C=O) groups is 1. The summed E-state index contributed by atoms with van der Waals surface area (Å²) in [6.07, 6.45) is -0.744. The maximum Gasteiger partial charge on any atom is 0.328 e. The maximum atomic E-state index is 13.0. The highest BCUT2D eigenvalue weighted by Crippen LogP contribution is 2.32. The minimum absolute atomic E-state index is 0.120. The first-order valence-electron chi connectivity index (χ1n) is 3.97. The van der Waals surface area contributed by atoms with Crippen LogP contribution in [-0.2, 0) is 11.2 Å². The fourth-order valence-electron chi connectivity index (χ4n) is 1.38. The summed E-state index contributed by atoms with van der Waals surface area (Å²) in [5.41, 5.74) is -0.0157. The average Bonchev–Trinajstić information content (AvgIpc) is 2.08. The number of hydrogen-bond acceptors (Lipinski definition) is 1. The van der Waals surface area contributed by atoms with E-state index in [2.05, 4.69) is 0 Å². The van der Waals surface area contributed by atoms with Crippen LogP contribution in [0.4, 0.5) is 18.9 Å². The average molecular weight is 201 g/mol. The number of carbonyl (C=O) groups excluding carboxylic acids is 1. The molecule has 5 heteroatoms. The highest BCUT2D eigenvalue weighted by Gasteiger charge is 2.43. The second-order valence-corrected chi connectivity index (χ2v) is 3.11. The molecule has 0 saturated heterocycles. The molecule has 1 aromatic rings. The van der Waals surface area contributed by atoms with Gasteiger partial charge in [0, 0.05) is 6.42 Å². The van der Waals surface area contributed by atoms with E-state index in [0.29, 0.717) is 0 Å². The van der Waals surface area contributed by atoms with Crippen molar-refractivity contribution in [1.82, 2.24) is 0 Å². The summed E-state index contributed by atoms with van der Waals surface area (Å²) in [6.45, 7) is 0. The predicted molar refractivity (Wildman–Crippen MR) is 43.7 cm³/mol. The van der Waals surface area contributed by atoms with E-state index in [1.165, 1.54) is 12.1 Å². The predicted octanol–water partition coefficient (Wildman–Crippen LogP) is 1.96. The number of alkyl halides is 2. The Morgan fingerprint density at radius 1 is 1.36 bits per heavy atom. The standard InChI is InChI=1S/C9H6F3NO/c10-6-3-1-2-5-4-9(11,12)8(14)13-7(5)6/h1-3H,4H2,(H,13,14). The molecule has 2 nitrogen and oxygen atoms in total. The third-order valence-corrected chi connectivity index (χ3v) is 2.08. The van der Waals surface area contributed by atoms with Gasteiger partial charge in [0.25, 0.3) is 5.91 Å². The van der Waals surface area contributed by atoms with Crippen LogP contribution < -0.4 is 5.32 Å². The number of anilines is 1. The summed E-state index contributed by atoms with van der Waals surface area (Å²) in [7, 11) is 0. The van der Waals surface area contributed by atoms with Gasteiger partial charge in [0.2, 0.25) is 0 Å². The van der Waals surface area contributed by atoms with Crippen molar-refractivity contribution in [3.8, 4) is 0 Å². The van der Waals surface area contributed by atoms with Crippen molar-refractivity contribution in [2.75, 3.05) is 5.32 Å². The molecule has 1 amide bonds. The van der Waals surface area contributed by atoms with Gasteiger partial charge in [0.05, 0.1) is 5.69 Å². The van der Waals surface area contributed by atoms with E-state index in [9.17, 15) is 18.0 Å². The highest BCUT2D eigenvalue weighted by atomic mass is 19.3. The Kier molecular flexibility index (Phi) is 1.77. The van der Waals surface area contributed by atoms with Gasteiger partial charge < -0.3 is 5.32 Å². The molecule has 0 bridgehead atoms. The molecule has 0 unspecified atom stereocenters. The number of benzene rings is 1. The number of amides is 1. The first-order valence-corrected chi connectivity index (χ1v) is 3.97.